The van der Waals surface area contributed by atoms with Crippen molar-refractivity contribution in [3.63, 3.8) is 0 Å². The fourth-order valence-electron chi connectivity index (χ4n) is 2.14. The predicted octanol–water partition coefficient (Wildman–Crippen LogP) is 3.22. The Morgan fingerprint density at radius 3 is 2.95 bits per heavy atom. The summed E-state index contributed by atoms with van der Waals surface area (Å²) in [4.78, 5) is 0. The van der Waals surface area contributed by atoms with E-state index in [1.54, 1.807) is 7.11 Å². The van der Waals surface area contributed by atoms with Crippen LogP contribution in [0, 0.1) is 0 Å². The quantitative estimate of drug-likeness (QED) is 0.866. The largest absolute Gasteiger partial charge is 0.493 e. The van der Waals surface area contributed by atoms with E-state index in [1.807, 2.05) is 12.1 Å². The average Bonchev–Trinajstić information content (AvgIpc) is 2.91. The van der Waals surface area contributed by atoms with Gasteiger partial charge in [-0.1, -0.05) is 18.6 Å². The summed E-state index contributed by atoms with van der Waals surface area (Å²) < 4.78 is 16.2. The van der Waals surface area contributed by atoms with Crippen molar-refractivity contribution in [1.82, 2.24) is 5.32 Å². The molecule has 1 aliphatic rings. The Morgan fingerprint density at radius 2 is 2.25 bits per heavy atom. The Bertz CT molecular complexity index is 497. The van der Waals surface area contributed by atoms with Crippen molar-refractivity contribution in [2.24, 2.45) is 0 Å². The van der Waals surface area contributed by atoms with Gasteiger partial charge in [-0.05, 0) is 44.5 Å². The third-order valence-corrected chi connectivity index (χ3v) is 3.46. The van der Waals surface area contributed by atoms with Gasteiger partial charge in [-0.15, -0.1) is 0 Å². The normalized spacial score (nSPS) is 15.3. The summed E-state index contributed by atoms with van der Waals surface area (Å²) in [6.07, 6.45) is 3.28. The van der Waals surface area contributed by atoms with Crippen LogP contribution in [0.4, 0.5) is 0 Å². The SMILES string of the molecule is CCCNC(C)/C(C)=C/c1cc(OC)c2c(c1)OCO2. The van der Waals surface area contributed by atoms with Crippen molar-refractivity contribution in [3.05, 3.63) is 23.3 Å². The van der Waals surface area contributed by atoms with Crippen molar-refractivity contribution in [1.29, 1.82) is 0 Å². The molecular weight excluding hydrogens is 254 g/mol. The van der Waals surface area contributed by atoms with Gasteiger partial charge in [0.2, 0.25) is 12.5 Å². The molecule has 0 saturated carbocycles. The number of methoxy groups -OCH3 is 1. The van der Waals surface area contributed by atoms with Crippen LogP contribution in [0.15, 0.2) is 17.7 Å². The number of benzene rings is 1. The molecule has 1 aromatic rings. The minimum absolute atomic E-state index is 0.256. The second-order valence-electron chi connectivity index (χ2n) is 5.02. The van der Waals surface area contributed by atoms with E-state index in [2.05, 4.69) is 32.2 Å². The molecule has 20 heavy (non-hydrogen) atoms. The van der Waals surface area contributed by atoms with Gasteiger partial charge in [-0.25, -0.2) is 0 Å². The molecule has 1 unspecified atom stereocenters. The van der Waals surface area contributed by atoms with E-state index in [1.165, 1.54) is 5.57 Å². The molecule has 1 heterocycles. The molecule has 0 radical (unpaired) electrons. The van der Waals surface area contributed by atoms with Crippen LogP contribution in [0.25, 0.3) is 6.08 Å². The Hall–Kier alpha value is -1.68. The first-order valence-electron chi connectivity index (χ1n) is 7.05. The van der Waals surface area contributed by atoms with Gasteiger partial charge in [0.05, 0.1) is 7.11 Å². The van der Waals surface area contributed by atoms with Crippen LogP contribution in [0.5, 0.6) is 17.2 Å². The van der Waals surface area contributed by atoms with Crippen molar-refractivity contribution in [3.8, 4) is 17.2 Å². The molecule has 1 N–H and O–H groups in total. The molecule has 1 aliphatic heterocycles. The van der Waals surface area contributed by atoms with Crippen molar-refractivity contribution >= 4 is 6.08 Å². The summed E-state index contributed by atoms with van der Waals surface area (Å²) in [5.41, 5.74) is 2.34. The van der Waals surface area contributed by atoms with E-state index in [4.69, 9.17) is 14.2 Å². The Labute approximate surface area is 120 Å². The molecule has 0 spiro atoms. The lowest BCUT2D eigenvalue weighted by Gasteiger charge is -2.14. The first-order valence-corrected chi connectivity index (χ1v) is 7.05. The van der Waals surface area contributed by atoms with Crippen LogP contribution < -0.4 is 19.5 Å². The summed E-state index contributed by atoms with van der Waals surface area (Å²) in [7, 11) is 1.64. The fraction of sp³-hybridized carbons (Fsp3) is 0.500. The van der Waals surface area contributed by atoms with Gasteiger partial charge in [0.15, 0.2) is 11.5 Å². The van der Waals surface area contributed by atoms with Gasteiger partial charge >= 0.3 is 0 Å². The lowest BCUT2D eigenvalue weighted by Crippen LogP contribution is -2.27. The van der Waals surface area contributed by atoms with Crippen LogP contribution in [0.2, 0.25) is 0 Å². The highest BCUT2D eigenvalue weighted by Gasteiger charge is 2.19. The van der Waals surface area contributed by atoms with E-state index in [0.29, 0.717) is 17.5 Å². The number of hydrogen-bond donors (Lipinski definition) is 1. The fourth-order valence-corrected chi connectivity index (χ4v) is 2.14. The molecule has 1 aromatic carbocycles. The Kier molecular flexibility index (Phi) is 4.90. The van der Waals surface area contributed by atoms with E-state index in [9.17, 15) is 0 Å². The molecular formula is C16H23NO3. The maximum Gasteiger partial charge on any atom is 0.231 e. The Morgan fingerprint density at radius 1 is 1.45 bits per heavy atom. The molecule has 110 valence electrons. The zero-order valence-electron chi connectivity index (χ0n) is 12.7. The van der Waals surface area contributed by atoms with Crippen LogP contribution >= 0.6 is 0 Å². The van der Waals surface area contributed by atoms with E-state index in [-0.39, 0.29) is 6.79 Å². The van der Waals surface area contributed by atoms with Gasteiger partial charge in [-0.3, -0.25) is 0 Å². The van der Waals surface area contributed by atoms with Crippen molar-refractivity contribution in [2.75, 3.05) is 20.4 Å². The first kappa shape index (κ1) is 14.7. The zero-order valence-corrected chi connectivity index (χ0v) is 12.7. The average molecular weight is 277 g/mol. The molecule has 0 saturated heterocycles. The van der Waals surface area contributed by atoms with Crippen molar-refractivity contribution in [2.45, 2.75) is 33.2 Å². The van der Waals surface area contributed by atoms with Crippen LogP contribution in [-0.2, 0) is 0 Å². The lowest BCUT2D eigenvalue weighted by molar-refractivity contribution is 0.171. The molecule has 1 atom stereocenters. The molecule has 4 nitrogen and oxygen atoms in total. The smallest absolute Gasteiger partial charge is 0.231 e. The second-order valence-corrected chi connectivity index (χ2v) is 5.02. The van der Waals surface area contributed by atoms with Gasteiger partial charge in [0.1, 0.15) is 0 Å². The highest BCUT2D eigenvalue weighted by atomic mass is 16.7. The Balaban J connectivity index is 2.20. The minimum atomic E-state index is 0.256. The van der Waals surface area contributed by atoms with Crippen LogP contribution in [0.1, 0.15) is 32.8 Å². The number of ether oxygens (including phenoxy) is 3. The lowest BCUT2D eigenvalue weighted by atomic mass is 10.1. The maximum atomic E-state index is 5.44. The summed E-state index contributed by atoms with van der Waals surface area (Å²) in [6, 6.07) is 4.32. The molecule has 0 aromatic heterocycles. The monoisotopic (exact) mass is 277 g/mol. The summed E-state index contributed by atoms with van der Waals surface area (Å²) >= 11 is 0. The molecule has 0 aliphatic carbocycles. The van der Waals surface area contributed by atoms with Gasteiger partial charge in [-0.2, -0.15) is 0 Å². The number of fused-ring (bicyclic) bond motifs is 1. The summed E-state index contributed by atoms with van der Waals surface area (Å²) in [5.74, 6) is 2.16. The van der Waals surface area contributed by atoms with Gasteiger partial charge in [0.25, 0.3) is 0 Å². The highest BCUT2D eigenvalue weighted by molar-refractivity contribution is 5.64. The molecule has 4 heteroatoms. The number of hydrogen-bond acceptors (Lipinski definition) is 4. The third kappa shape index (κ3) is 3.25. The first-order chi connectivity index (χ1) is 9.65. The number of nitrogens with one attached hydrogen (secondary N) is 1. The topological polar surface area (TPSA) is 39.7 Å². The van der Waals surface area contributed by atoms with Gasteiger partial charge in [0, 0.05) is 6.04 Å². The molecule has 0 amide bonds. The van der Waals surface area contributed by atoms with Crippen LogP contribution in [-0.4, -0.2) is 26.5 Å². The summed E-state index contributed by atoms with van der Waals surface area (Å²) in [5, 5.41) is 3.48. The van der Waals surface area contributed by atoms with Crippen molar-refractivity contribution < 1.29 is 14.2 Å². The third-order valence-electron chi connectivity index (χ3n) is 3.46. The maximum absolute atomic E-state index is 5.44. The predicted molar refractivity (Wildman–Crippen MR) is 80.5 cm³/mol. The van der Waals surface area contributed by atoms with E-state index < -0.39 is 0 Å². The minimum Gasteiger partial charge on any atom is -0.493 e. The standard InChI is InChI=1S/C16H23NO3/c1-5-6-17-12(3)11(2)7-13-8-14(18-4)16-15(9-13)19-10-20-16/h7-9,12,17H,5-6,10H2,1-4H3/b11-7+. The number of rotatable bonds is 6. The molecule has 0 fully saturated rings. The highest BCUT2D eigenvalue weighted by Crippen LogP contribution is 2.42. The second kappa shape index (κ2) is 6.66. The van der Waals surface area contributed by atoms with Gasteiger partial charge < -0.3 is 19.5 Å². The van der Waals surface area contributed by atoms with E-state index in [0.717, 1.165) is 24.3 Å². The zero-order chi connectivity index (χ0) is 14.5. The van der Waals surface area contributed by atoms with Crippen LogP contribution in [0.3, 0.4) is 0 Å². The summed E-state index contributed by atoms with van der Waals surface area (Å²) in [6.45, 7) is 7.75. The van der Waals surface area contributed by atoms with E-state index >= 15 is 0 Å². The molecule has 2 rings (SSSR count). The molecule has 0 bridgehead atoms.